The molecule has 0 aliphatic carbocycles. The van der Waals surface area contributed by atoms with E-state index in [1.807, 2.05) is 11.8 Å². The standard InChI is InChI=1S/C10H20N2S/c1-8(2)6-13-9(3)5-10(4,12)7-11/h8-9H,5-6,12H2,1-4H3. The van der Waals surface area contributed by atoms with E-state index in [1.165, 1.54) is 0 Å². The summed E-state index contributed by atoms with van der Waals surface area (Å²) in [6.07, 6.45) is 0.765. The van der Waals surface area contributed by atoms with E-state index in [9.17, 15) is 0 Å². The summed E-state index contributed by atoms with van der Waals surface area (Å²) in [5.41, 5.74) is 5.09. The SMILES string of the molecule is CC(C)CSC(C)CC(C)(N)C#N. The van der Waals surface area contributed by atoms with Gasteiger partial charge in [0.1, 0.15) is 5.54 Å². The molecule has 0 saturated heterocycles. The average Bonchev–Trinajstić information content (AvgIpc) is 2.00. The highest BCUT2D eigenvalue weighted by Crippen LogP contribution is 2.21. The Hall–Kier alpha value is -0.200. The lowest BCUT2D eigenvalue weighted by atomic mass is 10.00. The van der Waals surface area contributed by atoms with Crippen LogP contribution in [0.2, 0.25) is 0 Å². The second-order valence-corrected chi connectivity index (χ2v) is 5.74. The fourth-order valence-corrected chi connectivity index (χ4v) is 2.24. The van der Waals surface area contributed by atoms with Crippen LogP contribution in [0.5, 0.6) is 0 Å². The van der Waals surface area contributed by atoms with Crippen LogP contribution in [-0.2, 0) is 0 Å². The molecule has 0 amide bonds. The zero-order valence-corrected chi connectivity index (χ0v) is 9.82. The lowest BCUT2D eigenvalue weighted by Crippen LogP contribution is -2.36. The Labute approximate surface area is 85.9 Å². The van der Waals surface area contributed by atoms with Crippen LogP contribution in [0, 0.1) is 17.2 Å². The van der Waals surface area contributed by atoms with Gasteiger partial charge in [0, 0.05) is 5.25 Å². The molecule has 2 nitrogen and oxygen atoms in total. The molecule has 0 fully saturated rings. The van der Waals surface area contributed by atoms with Crippen LogP contribution in [0.1, 0.15) is 34.1 Å². The topological polar surface area (TPSA) is 49.8 Å². The summed E-state index contributed by atoms with van der Waals surface area (Å²) in [5.74, 6) is 1.85. The van der Waals surface area contributed by atoms with Gasteiger partial charge in [0.15, 0.2) is 0 Å². The van der Waals surface area contributed by atoms with Gasteiger partial charge >= 0.3 is 0 Å². The van der Waals surface area contributed by atoms with Crippen molar-refractivity contribution in [2.24, 2.45) is 11.7 Å². The summed E-state index contributed by atoms with van der Waals surface area (Å²) in [6, 6.07) is 2.12. The summed E-state index contributed by atoms with van der Waals surface area (Å²) in [5, 5.41) is 9.21. The van der Waals surface area contributed by atoms with Crippen molar-refractivity contribution >= 4 is 11.8 Å². The van der Waals surface area contributed by atoms with E-state index in [-0.39, 0.29) is 0 Å². The molecule has 0 aromatic rings. The van der Waals surface area contributed by atoms with E-state index in [1.54, 1.807) is 6.92 Å². The maximum atomic E-state index is 8.74. The molecule has 0 bridgehead atoms. The summed E-state index contributed by atoms with van der Waals surface area (Å²) >= 11 is 1.90. The number of hydrogen-bond donors (Lipinski definition) is 1. The van der Waals surface area contributed by atoms with E-state index in [0.29, 0.717) is 11.2 Å². The molecule has 2 N–H and O–H groups in total. The van der Waals surface area contributed by atoms with Gasteiger partial charge in [-0.25, -0.2) is 0 Å². The van der Waals surface area contributed by atoms with Gasteiger partial charge in [-0.15, -0.1) is 0 Å². The summed E-state index contributed by atoms with van der Waals surface area (Å²) in [4.78, 5) is 0. The van der Waals surface area contributed by atoms with Crippen LogP contribution in [-0.4, -0.2) is 16.5 Å². The summed E-state index contributed by atoms with van der Waals surface area (Å²) in [7, 11) is 0. The van der Waals surface area contributed by atoms with E-state index in [4.69, 9.17) is 11.0 Å². The van der Waals surface area contributed by atoms with Crippen LogP contribution in [0.4, 0.5) is 0 Å². The third-order valence-corrected chi connectivity index (χ3v) is 3.28. The number of nitriles is 1. The largest absolute Gasteiger partial charge is 0.314 e. The Morgan fingerprint density at radius 1 is 1.46 bits per heavy atom. The van der Waals surface area contributed by atoms with E-state index < -0.39 is 5.54 Å². The predicted molar refractivity (Wildman–Crippen MR) is 59.6 cm³/mol. The molecule has 0 saturated carbocycles. The van der Waals surface area contributed by atoms with Gasteiger partial charge in [-0.05, 0) is 25.0 Å². The lowest BCUT2D eigenvalue weighted by molar-refractivity contribution is 0.544. The fourth-order valence-electron chi connectivity index (χ4n) is 1.06. The third-order valence-electron chi connectivity index (χ3n) is 1.68. The average molecular weight is 200 g/mol. The molecule has 0 rings (SSSR count). The first-order chi connectivity index (χ1) is 5.87. The molecule has 0 radical (unpaired) electrons. The van der Waals surface area contributed by atoms with Crippen molar-refractivity contribution in [3.05, 3.63) is 0 Å². The first-order valence-electron chi connectivity index (χ1n) is 4.69. The van der Waals surface area contributed by atoms with Crippen molar-refractivity contribution in [2.75, 3.05) is 5.75 Å². The van der Waals surface area contributed by atoms with Crippen molar-refractivity contribution in [3.63, 3.8) is 0 Å². The molecule has 0 aromatic carbocycles. The van der Waals surface area contributed by atoms with Crippen LogP contribution < -0.4 is 5.73 Å². The number of nitrogens with two attached hydrogens (primary N) is 1. The van der Waals surface area contributed by atoms with Gasteiger partial charge in [0.25, 0.3) is 0 Å². The maximum absolute atomic E-state index is 8.74. The van der Waals surface area contributed by atoms with Crippen molar-refractivity contribution in [3.8, 4) is 6.07 Å². The molecule has 0 aliphatic rings. The Balaban J connectivity index is 3.76. The Bertz CT molecular complexity index is 182. The predicted octanol–water partition coefficient (Wildman–Crippen LogP) is 2.40. The number of hydrogen-bond acceptors (Lipinski definition) is 3. The molecule has 0 aromatic heterocycles. The molecule has 3 heteroatoms. The quantitative estimate of drug-likeness (QED) is 0.741. The fraction of sp³-hybridized carbons (Fsp3) is 0.900. The minimum atomic E-state index is -0.663. The molecular formula is C10H20N2S. The molecule has 0 aliphatic heterocycles. The lowest BCUT2D eigenvalue weighted by Gasteiger charge is -2.20. The summed E-state index contributed by atoms with van der Waals surface area (Å²) in [6.45, 7) is 8.33. The van der Waals surface area contributed by atoms with Crippen LogP contribution in [0.3, 0.4) is 0 Å². The molecule has 0 heterocycles. The van der Waals surface area contributed by atoms with Crippen LogP contribution in [0.15, 0.2) is 0 Å². The third kappa shape index (κ3) is 6.92. The van der Waals surface area contributed by atoms with Gasteiger partial charge in [-0.1, -0.05) is 20.8 Å². The van der Waals surface area contributed by atoms with Crippen LogP contribution in [0.25, 0.3) is 0 Å². The Kier molecular flexibility index (Phi) is 5.43. The van der Waals surface area contributed by atoms with Gasteiger partial charge in [0.2, 0.25) is 0 Å². The van der Waals surface area contributed by atoms with Crippen LogP contribution >= 0.6 is 11.8 Å². The Morgan fingerprint density at radius 2 is 2.00 bits per heavy atom. The minimum absolute atomic E-state index is 0.469. The zero-order chi connectivity index (χ0) is 10.5. The highest BCUT2D eigenvalue weighted by molar-refractivity contribution is 7.99. The Morgan fingerprint density at radius 3 is 2.38 bits per heavy atom. The molecule has 2 atom stereocenters. The molecule has 13 heavy (non-hydrogen) atoms. The van der Waals surface area contributed by atoms with Crippen molar-refractivity contribution in [1.29, 1.82) is 5.26 Å². The van der Waals surface area contributed by atoms with E-state index in [2.05, 4.69) is 26.8 Å². The molecule has 2 unspecified atom stereocenters. The normalized spacial score (nSPS) is 17.9. The first-order valence-corrected chi connectivity index (χ1v) is 5.74. The smallest absolute Gasteiger partial charge is 0.102 e. The molecular weight excluding hydrogens is 180 g/mol. The monoisotopic (exact) mass is 200 g/mol. The van der Waals surface area contributed by atoms with Gasteiger partial charge in [0.05, 0.1) is 6.07 Å². The maximum Gasteiger partial charge on any atom is 0.102 e. The first kappa shape index (κ1) is 12.8. The van der Waals surface area contributed by atoms with Crippen molar-refractivity contribution in [2.45, 2.75) is 44.9 Å². The second-order valence-electron chi connectivity index (χ2n) is 4.27. The number of nitrogens with zero attached hydrogens (tertiary/aromatic N) is 1. The van der Waals surface area contributed by atoms with Gasteiger partial charge in [-0.3, -0.25) is 0 Å². The van der Waals surface area contributed by atoms with E-state index in [0.717, 1.165) is 12.2 Å². The van der Waals surface area contributed by atoms with Gasteiger partial charge < -0.3 is 5.73 Å². The molecule has 0 spiro atoms. The zero-order valence-electron chi connectivity index (χ0n) is 9.00. The summed E-state index contributed by atoms with van der Waals surface area (Å²) < 4.78 is 0. The van der Waals surface area contributed by atoms with Crippen molar-refractivity contribution in [1.82, 2.24) is 0 Å². The van der Waals surface area contributed by atoms with Gasteiger partial charge in [-0.2, -0.15) is 17.0 Å². The number of thioether (sulfide) groups is 1. The molecule has 76 valence electrons. The van der Waals surface area contributed by atoms with Crippen molar-refractivity contribution < 1.29 is 0 Å². The van der Waals surface area contributed by atoms with E-state index >= 15 is 0 Å². The highest BCUT2D eigenvalue weighted by Gasteiger charge is 2.20. The highest BCUT2D eigenvalue weighted by atomic mass is 32.2. The number of rotatable bonds is 5. The minimum Gasteiger partial charge on any atom is -0.314 e. The second kappa shape index (κ2) is 5.51.